The summed E-state index contributed by atoms with van der Waals surface area (Å²) in [4.78, 5) is 2.15. The normalized spacial score (nSPS) is 17.3. The van der Waals surface area contributed by atoms with Gasteiger partial charge in [0.15, 0.2) is 0 Å². The molecule has 2 nitrogen and oxygen atoms in total. The van der Waals surface area contributed by atoms with Gasteiger partial charge in [-0.15, -0.1) is 0 Å². The molecule has 2 aliphatic rings. The van der Waals surface area contributed by atoms with E-state index < -0.39 is 0 Å². The molecule has 2 heterocycles. The Balaban J connectivity index is 1.71. The highest BCUT2D eigenvalue weighted by Crippen LogP contribution is 2.37. The number of benzene rings is 2. The van der Waals surface area contributed by atoms with E-state index in [9.17, 15) is 0 Å². The molecule has 5 rings (SSSR count). The smallest absolute Gasteiger partial charge is 0.0605 e. The molecular weight excluding hydrogens is 352 g/mol. The van der Waals surface area contributed by atoms with Crippen molar-refractivity contribution in [1.29, 1.82) is 0 Å². The summed E-state index contributed by atoms with van der Waals surface area (Å²) >= 11 is 0. The van der Waals surface area contributed by atoms with Gasteiger partial charge < -0.3 is 9.47 Å². The van der Waals surface area contributed by atoms with Gasteiger partial charge >= 0.3 is 0 Å². The quantitative estimate of drug-likeness (QED) is 0.479. The number of para-hydroxylation sites is 1. The second kappa shape index (κ2) is 7.14. The van der Waals surface area contributed by atoms with Crippen LogP contribution in [0.25, 0.3) is 23.4 Å². The molecule has 3 aromatic rings. The fourth-order valence-corrected chi connectivity index (χ4v) is 4.20. The van der Waals surface area contributed by atoms with Crippen LogP contribution in [0.3, 0.4) is 0 Å². The van der Waals surface area contributed by atoms with Gasteiger partial charge in [-0.05, 0) is 61.8 Å². The molecule has 1 aromatic heterocycles. The van der Waals surface area contributed by atoms with Gasteiger partial charge in [-0.2, -0.15) is 0 Å². The zero-order chi connectivity index (χ0) is 19.8. The third-order valence-electron chi connectivity index (χ3n) is 5.67. The van der Waals surface area contributed by atoms with Gasteiger partial charge in [-0.25, -0.2) is 0 Å². The molecular formula is C27H24N2. The molecule has 0 saturated heterocycles. The number of anilines is 1. The Labute approximate surface area is 172 Å². The van der Waals surface area contributed by atoms with Crippen LogP contribution in [0.15, 0.2) is 85.7 Å². The molecule has 0 saturated carbocycles. The molecule has 0 bridgehead atoms. The van der Waals surface area contributed by atoms with Crippen LogP contribution in [0.1, 0.15) is 34.5 Å². The predicted octanol–water partition coefficient (Wildman–Crippen LogP) is 6.76. The molecule has 0 amide bonds. The Kier molecular flexibility index (Phi) is 4.33. The van der Waals surface area contributed by atoms with Crippen LogP contribution in [0.2, 0.25) is 0 Å². The van der Waals surface area contributed by atoms with E-state index in [4.69, 9.17) is 0 Å². The summed E-state index contributed by atoms with van der Waals surface area (Å²) in [6.45, 7) is 6.57. The molecule has 29 heavy (non-hydrogen) atoms. The number of allylic oxidation sites excluding steroid dienone is 3. The summed E-state index contributed by atoms with van der Waals surface area (Å²) in [6.07, 6.45) is 15.3. The topological polar surface area (TPSA) is 8.17 Å². The summed E-state index contributed by atoms with van der Waals surface area (Å²) in [5.41, 5.74) is 9.74. The van der Waals surface area contributed by atoms with Crippen molar-refractivity contribution < 1.29 is 0 Å². The van der Waals surface area contributed by atoms with Gasteiger partial charge in [-0.3, -0.25) is 0 Å². The number of aromatic nitrogens is 1. The first-order valence-electron chi connectivity index (χ1n) is 10.1. The first kappa shape index (κ1) is 17.6. The summed E-state index contributed by atoms with van der Waals surface area (Å²) in [5.74, 6) is 0. The maximum Gasteiger partial charge on any atom is 0.0605 e. The fraction of sp³-hybridized carbons (Fsp3) is 0.111. The minimum absolute atomic E-state index is 1.02. The molecule has 1 aliphatic heterocycles. The van der Waals surface area contributed by atoms with Gasteiger partial charge in [0, 0.05) is 40.6 Å². The van der Waals surface area contributed by atoms with Crippen molar-refractivity contribution in [3.05, 3.63) is 114 Å². The molecule has 0 fully saturated rings. The fourth-order valence-electron chi connectivity index (χ4n) is 4.20. The zero-order valence-electron chi connectivity index (χ0n) is 16.7. The largest absolute Gasteiger partial charge is 0.324 e. The molecule has 1 aliphatic carbocycles. The number of rotatable bonds is 2. The standard InChI is InChI=1S/C27H24N2/c1-20-12-14-23(15-13-20)29-26-11-7-6-10-24(26)25-17-19-28(18-16-21(2)27(25)29)22-8-4-3-5-9-22/h3-6,8-10,12-19H,2,7,11H2,1H3/b18-16-,19-17-. The molecule has 0 N–H and O–H groups in total. The van der Waals surface area contributed by atoms with E-state index >= 15 is 0 Å². The average Bonchev–Trinajstić information content (AvgIpc) is 3.07. The van der Waals surface area contributed by atoms with Crippen molar-refractivity contribution in [3.8, 4) is 5.69 Å². The van der Waals surface area contributed by atoms with E-state index in [1.54, 1.807) is 0 Å². The number of aryl methyl sites for hydroxylation is 1. The number of hydrogen-bond acceptors (Lipinski definition) is 1. The Morgan fingerprint density at radius 3 is 2.34 bits per heavy atom. The zero-order valence-corrected chi connectivity index (χ0v) is 16.7. The van der Waals surface area contributed by atoms with Gasteiger partial charge in [0.25, 0.3) is 0 Å². The van der Waals surface area contributed by atoms with E-state index in [2.05, 4.69) is 108 Å². The summed E-state index contributed by atoms with van der Waals surface area (Å²) in [7, 11) is 0. The van der Waals surface area contributed by atoms with Crippen molar-refractivity contribution in [1.82, 2.24) is 4.57 Å². The van der Waals surface area contributed by atoms with Crippen molar-refractivity contribution in [2.75, 3.05) is 4.90 Å². The number of fused-ring (bicyclic) bond motifs is 3. The summed E-state index contributed by atoms with van der Waals surface area (Å²) < 4.78 is 2.41. The maximum absolute atomic E-state index is 4.44. The Morgan fingerprint density at radius 1 is 0.793 bits per heavy atom. The van der Waals surface area contributed by atoms with Gasteiger partial charge in [0.05, 0.1) is 5.69 Å². The molecule has 2 heteroatoms. The highest BCUT2D eigenvalue weighted by Gasteiger charge is 2.24. The van der Waals surface area contributed by atoms with Crippen molar-refractivity contribution in [3.63, 3.8) is 0 Å². The third kappa shape index (κ3) is 3.07. The Bertz CT molecular complexity index is 1160. The van der Waals surface area contributed by atoms with E-state index in [1.807, 2.05) is 6.07 Å². The van der Waals surface area contributed by atoms with Gasteiger partial charge in [-0.1, -0.05) is 54.6 Å². The third-order valence-corrected chi connectivity index (χ3v) is 5.67. The SMILES string of the molecule is C=C1/C=C\N(c2ccccc2)/C=C\c2c3c(n(-c4ccc(C)cc4)c21)CCC=C3. The molecule has 142 valence electrons. The minimum atomic E-state index is 1.02. The van der Waals surface area contributed by atoms with Crippen LogP contribution in [-0.2, 0) is 6.42 Å². The monoisotopic (exact) mass is 376 g/mol. The summed E-state index contributed by atoms with van der Waals surface area (Å²) in [6, 6.07) is 19.2. The first-order chi connectivity index (χ1) is 14.2. The van der Waals surface area contributed by atoms with Crippen LogP contribution in [-0.4, -0.2) is 4.57 Å². The molecule has 0 radical (unpaired) electrons. The first-order valence-corrected chi connectivity index (χ1v) is 10.1. The number of hydrogen-bond donors (Lipinski definition) is 0. The average molecular weight is 377 g/mol. The van der Waals surface area contributed by atoms with Crippen LogP contribution in [0.5, 0.6) is 0 Å². The second-order valence-electron chi connectivity index (χ2n) is 7.63. The van der Waals surface area contributed by atoms with E-state index in [0.29, 0.717) is 0 Å². The van der Waals surface area contributed by atoms with Crippen molar-refractivity contribution in [2.24, 2.45) is 0 Å². The van der Waals surface area contributed by atoms with Crippen LogP contribution >= 0.6 is 0 Å². The summed E-state index contributed by atoms with van der Waals surface area (Å²) in [5, 5.41) is 0. The lowest BCUT2D eigenvalue weighted by atomic mass is 9.99. The van der Waals surface area contributed by atoms with E-state index in [0.717, 1.165) is 24.1 Å². The molecule has 2 aromatic carbocycles. The van der Waals surface area contributed by atoms with Crippen LogP contribution < -0.4 is 4.90 Å². The highest BCUT2D eigenvalue weighted by atomic mass is 15.1. The van der Waals surface area contributed by atoms with Crippen LogP contribution in [0.4, 0.5) is 5.69 Å². The van der Waals surface area contributed by atoms with Gasteiger partial charge in [0.1, 0.15) is 0 Å². The van der Waals surface area contributed by atoms with Crippen molar-refractivity contribution in [2.45, 2.75) is 19.8 Å². The van der Waals surface area contributed by atoms with Crippen LogP contribution in [0, 0.1) is 6.92 Å². The Morgan fingerprint density at radius 2 is 1.55 bits per heavy atom. The lowest BCUT2D eigenvalue weighted by molar-refractivity contribution is 0.868. The lowest BCUT2D eigenvalue weighted by Gasteiger charge is -2.19. The van der Waals surface area contributed by atoms with E-state index in [1.165, 1.54) is 33.8 Å². The van der Waals surface area contributed by atoms with Crippen molar-refractivity contribution >= 4 is 23.4 Å². The molecule has 0 unspecified atom stereocenters. The second-order valence-corrected chi connectivity index (χ2v) is 7.63. The van der Waals surface area contributed by atoms with E-state index in [-0.39, 0.29) is 0 Å². The lowest BCUT2D eigenvalue weighted by Crippen LogP contribution is -2.09. The predicted molar refractivity (Wildman–Crippen MR) is 124 cm³/mol. The minimum Gasteiger partial charge on any atom is -0.324 e. The highest BCUT2D eigenvalue weighted by molar-refractivity contribution is 5.86. The number of nitrogens with zero attached hydrogens (tertiary/aromatic N) is 2. The van der Waals surface area contributed by atoms with Gasteiger partial charge in [0.2, 0.25) is 0 Å². The molecule has 0 atom stereocenters. The Hall–Kier alpha value is -3.52. The molecule has 0 spiro atoms. The maximum atomic E-state index is 4.44.